The topological polar surface area (TPSA) is 0 Å². The zero-order chi connectivity index (χ0) is 6.57. The van der Waals surface area contributed by atoms with Gasteiger partial charge in [-0.2, -0.15) is 0 Å². The van der Waals surface area contributed by atoms with E-state index in [9.17, 15) is 4.39 Å². The van der Waals surface area contributed by atoms with Crippen LogP contribution in [0.3, 0.4) is 0 Å². The van der Waals surface area contributed by atoms with Crippen molar-refractivity contribution in [2.45, 2.75) is 13.1 Å². The maximum absolute atomic E-state index is 11.9. The van der Waals surface area contributed by atoms with Crippen LogP contribution in [-0.4, -0.2) is 6.17 Å². The Labute approximate surface area is 53.7 Å². The molecule has 0 aliphatic rings. The van der Waals surface area contributed by atoms with Gasteiger partial charge in [0.05, 0.1) is 0 Å². The predicted molar refractivity (Wildman–Crippen MR) is 34.7 cm³/mol. The molecular formula is C6H8ClF. The number of alkyl halides is 1. The first-order valence-electron chi connectivity index (χ1n) is 2.29. The van der Waals surface area contributed by atoms with Crippen LogP contribution in [0.4, 0.5) is 4.39 Å². The van der Waals surface area contributed by atoms with Gasteiger partial charge in [-0.05, 0) is 19.1 Å². The molecule has 0 aromatic carbocycles. The van der Waals surface area contributed by atoms with Gasteiger partial charge in [0.15, 0.2) is 0 Å². The van der Waals surface area contributed by atoms with E-state index < -0.39 is 6.17 Å². The summed E-state index contributed by atoms with van der Waals surface area (Å²) in [5.74, 6) is 0. The maximum atomic E-state index is 11.9. The zero-order valence-corrected chi connectivity index (χ0v) is 5.45. The molecule has 0 N–H and O–H groups in total. The van der Waals surface area contributed by atoms with Crippen molar-refractivity contribution in [2.75, 3.05) is 0 Å². The molecule has 0 spiro atoms. The van der Waals surface area contributed by atoms with E-state index in [1.54, 1.807) is 0 Å². The van der Waals surface area contributed by atoms with Crippen LogP contribution in [0.2, 0.25) is 0 Å². The van der Waals surface area contributed by atoms with Gasteiger partial charge in [0, 0.05) is 5.03 Å². The minimum absolute atomic E-state index is 0.356. The smallest absolute Gasteiger partial charge is 0.116 e. The molecule has 1 atom stereocenters. The number of hydrogen-bond donors (Lipinski definition) is 0. The van der Waals surface area contributed by atoms with Crippen molar-refractivity contribution < 1.29 is 4.39 Å². The molecule has 0 aromatic heterocycles. The minimum Gasteiger partial charge on any atom is -0.243 e. The van der Waals surface area contributed by atoms with Crippen molar-refractivity contribution in [3.05, 3.63) is 23.8 Å². The van der Waals surface area contributed by atoms with Crippen LogP contribution in [0.25, 0.3) is 0 Å². The Kier molecular flexibility index (Phi) is 3.53. The van der Waals surface area contributed by atoms with Gasteiger partial charge in [-0.25, -0.2) is 4.39 Å². The Morgan fingerprint density at radius 1 is 1.88 bits per heavy atom. The largest absolute Gasteiger partial charge is 0.243 e. The van der Waals surface area contributed by atoms with Crippen molar-refractivity contribution in [2.24, 2.45) is 0 Å². The van der Waals surface area contributed by atoms with E-state index in [1.807, 2.05) is 0 Å². The Hall–Kier alpha value is -0.300. The molecule has 0 radical (unpaired) electrons. The Bertz CT molecular complexity index is 105. The van der Waals surface area contributed by atoms with E-state index in [0.29, 0.717) is 5.03 Å². The molecule has 2 heteroatoms. The fourth-order valence-electron chi connectivity index (χ4n) is 0.237. The third kappa shape index (κ3) is 5.70. The highest BCUT2D eigenvalue weighted by Crippen LogP contribution is 2.00. The molecule has 0 bridgehead atoms. The fourth-order valence-corrected chi connectivity index (χ4v) is 0.310. The Morgan fingerprint density at radius 3 is 2.50 bits per heavy atom. The van der Waals surface area contributed by atoms with Crippen molar-refractivity contribution in [1.29, 1.82) is 0 Å². The lowest BCUT2D eigenvalue weighted by Crippen LogP contribution is -1.81. The summed E-state index contributed by atoms with van der Waals surface area (Å²) in [5.41, 5.74) is 0. The van der Waals surface area contributed by atoms with Gasteiger partial charge in [-0.15, -0.1) is 0 Å². The normalized spacial score (nSPS) is 14.4. The fraction of sp³-hybridized carbons (Fsp3) is 0.333. The van der Waals surface area contributed by atoms with Gasteiger partial charge in [0.1, 0.15) is 6.17 Å². The van der Waals surface area contributed by atoms with Gasteiger partial charge >= 0.3 is 0 Å². The van der Waals surface area contributed by atoms with Crippen LogP contribution in [0.5, 0.6) is 0 Å². The number of halogens is 2. The lowest BCUT2D eigenvalue weighted by Gasteiger charge is -1.86. The van der Waals surface area contributed by atoms with E-state index in [2.05, 4.69) is 6.58 Å². The molecule has 8 heavy (non-hydrogen) atoms. The summed E-state index contributed by atoms with van der Waals surface area (Å²) in [5, 5.41) is 0.356. The van der Waals surface area contributed by atoms with Crippen LogP contribution in [0, 0.1) is 0 Å². The van der Waals surface area contributed by atoms with Crippen LogP contribution >= 0.6 is 11.6 Å². The summed E-state index contributed by atoms with van der Waals surface area (Å²) in [4.78, 5) is 0. The second kappa shape index (κ2) is 3.67. The molecule has 0 aliphatic carbocycles. The molecule has 0 saturated heterocycles. The minimum atomic E-state index is -0.939. The number of hydrogen-bond acceptors (Lipinski definition) is 0. The first kappa shape index (κ1) is 7.70. The van der Waals surface area contributed by atoms with Gasteiger partial charge in [-0.1, -0.05) is 18.2 Å². The second-order valence-electron chi connectivity index (χ2n) is 1.48. The molecule has 0 amide bonds. The molecule has 0 nitrogen and oxygen atoms in total. The molecule has 1 unspecified atom stereocenters. The van der Waals surface area contributed by atoms with E-state index in [0.717, 1.165) is 0 Å². The third-order valence-corrected chi connectivity index (χ3v) is 0.668. The second-order valence-corrected chi connectivity index (χ2v) is 1.97. The maximum Gasteiger partial charge on any atom is 0.116 e. The van der Waals surface area contributed by atoms with Gasteiger partial charge in [0.25, 0.3) is 0 Å². The predicted octanol–water partition coefficient (Wildman–Crippen LogP) is 2.65. The highest BCUT2D eigenvalue weighted by Gasteiger charge is 1.86. The van der Waals surface area contributed by atoms with Gasteiger partial charge in [-0.3, -0.25) is 0 Å². The summed E-state index contributed by atoms with van der Waals surface area (Å²) in [7, 11) is 0. The van der Waals surface area contributed by atoms with E-state index >= 15 is 0 Å². The van der Waals surface area contributed by atoms with Crippen molar-refractivity contribution in [3.63, 3.8) is 0 Å². The van der Waals surface area contributed by atoms with Gasteiger partial charge < -0.3 is 0 Å². The van der Waals surface area contributed by atoms with Crippen LogP contribution in [-0.2, 0) is 0 Å². The molecule has 0 fully saturated rings. The lowest BCUT2D eigenvalue weighted by atomic mass is 10.4. The first-order valence-corrected chi connectivity index (χ1v) is 2.67. The van der Waals surface area contributed by atoms with E-state index in [1.165, 1.54) is 19.1 Å². The summed E-state index contributed by atoms with van der Waals surface area (Å²) < 4.78 is 11.9. The highest BCUT2D eigenvalue weighted by molar-refractivity contribution is 6.30. The number of rotatable bonds is 2. The summed E-state index contributed by atoms with van der Waals surface area (Å²) >= 11 is 5.27. The summed E-state index contributed by atoms with van der Waals surface area (Å²) in [6.45, 7) is 4.77. The SMILES string of the molecule is C=C(Cl)/C=C\C(C)F. The standard InChI is InChI=1S/C6H8ClF/c1-5(7)3-4-6(2)8/h3-4,6H,1H2,2H3/b4-3-. The van der Waals surface area contributed by atoms with Crippen molar-refractivity contribution >= 4 is 11.6 Å². The third-order valence-electron chi connectivity index (χ3n) is 0.542. The van der Waals surface area contributed by atoms with Crippen LogP contribution in [0.15, 0.2) is 23.8 Å². The molecule has 0 saturated carbocycles. The first-order chi connectivity index (χ1) is 3.63. The van der Waals surface area contributed by atoms with Crippen LogP contribution < -0.4 is 0 Å². The Balaban J connectivity index is 3.50. The molecule has 0 aliphatic heterocycles. The van der Waals surface area contributed by atoms with Crippen LogP contribution in [0.1, 0.15) is 6.92 Å². The average Bonchev–Trinajstić information content (AvgIpc) is 1.61. The van der Waals surface area contributed by atoms with E-state index in [-0.39, 0.29) is 0 Å². The van der Waals surface area contributed by atoms with Gasteiger partial charge in [0.2, 0.25) is 0 Å². The Morgan fingerprint density at radius 2 is 2.38 bits per heavy atom. The highest BCUT2D eigenvalue weighted by atomic mass is 35.5. The zero-order valence-electron chi connectivity index (χ0n) is 4.70. The summed E-state index contributed by atoms with van der Waals surface area (Å²) in [6, 6.07) is 0. The monoisotopic (exact) mass is 134 g/mol. The molecular weight excluding hydrogens is 127 g/mol. The average molecular weight is 135 g/mol. The van der Waals surface area contributed by atoms with Crippen molar-refractivity contribution in [3.8, 4) is 0 Å². The van der Waals surface area contributed by atoms with E-state index in [4.69, 9.17) is 11.6 Å². The molecule has 0 aromatic rings. The van der Waals surface area contributed by atoms with Crippen molar-refractivity contribution in [1.82, 2.24) is 0 Å². The summed E-state index contributed by atoms with van der Waals surface area (Å²) in [6.07, 6.45) is 1.84. The molecule has 0 rings (SSSR count). The molecule has 0 heterocycles. The lowest BCUT2D eigenvalue weighted by molar-refractivity contribution is 0.430. The molecule has 46 valence electrons. The number of allylic oxidation sites excluding steroid dienone is 3. The quantitative estimate of drug-likeness (QED) is 0.510.